The highest BCUT2D eigenvalue weighted by atomic mass is 35.5. The average molecular weight is 411 g/mol. The Morgan fingerprint density at radius 1 is 0.643 bits per heavy atom. The van der Waals surface area contributed by atoms with Crippen molar-refractivity contribution in [1.82, 2.24) is 0 Å². The maximum Gasteiger partial charge on any atom is 0.135 e. The molecule has 3 aromatic carbocycles. The van der Waals surface area contributed by atoms with Crippen LogP contribution >= 0.6 is 23.2 Å². The van der Waals surface area contributed by atoms with E-state index in [1.165, 1.54) is 11.1 Å². The van der Waals surface area contributed by atoms with Crippen molar-refractivity contribution in [3.8, 4) is 11.5 Å². The summed E-state index contributed by atoms with van der Waals surface area (Å²) in [6, 6.07) is 20.1. The summed E-state index contributed by atoms with van der Waals surface area (Å²) in [5.41, 5.74) is 3.83. The first-order chi connectivity index (χ1) is 13.3. The van der Waals surface area contributed by atoms with E-state index in [1.807, 2.05) is 48.5 Å². The molecule has 0 saturated heterocycles. The molecule has 2 unspecified atom stereocenters. The van der Waals surface area contributed by atoms with Crippen molar-refractivity contribution in [3.63, 3.8) is 0 Å². The van der Waals surface area contributed by atoms with Gasteiger partial charge in [0, 0.05) is 34.0 Å². The highest BCUT2D eigenvalue weighted by Gasteiger charge is 2.41. The highest BCUT2D eigenvalue weighted by Crippen LogP contribution is 2.49. The minimum absolute atomic E-state index is 0.387. The molecule has 4 heteroatoms. The molecule has 0 fully saturated rings. The van der Waals surface area contributed by atoms with Gasteiger partial charge in [-0.15, -0.1) is 0 Å². The predicted molar refractivity (Wildman–Crippen MR) is 113 cm³/mol. The van der Waals surface area contributed by atoms with Crippen LogP contribution in [-0.4, -0.2) is 0 Å². The van der Waals surface area contributed by atoms with Gasteiger partial charge in [-0.1, -0.05) is 47.5 Å². The van der Waals surface area contributed by atoms with E-state index in [1.54, 1.807) is 0 Å². The first-order valence-electron chi connectivity index (χ1n) is 9.41. The average Bonchev–Trinajstić information content (AvgIpc) is 3.16. The van der Waals surface area contributed by atoms with Gasteiger partial charge in [0.25, 0.3) is 0 Å². The summed E-state index contributed by atoms with van der Waals surface area (Å²) in [5.74, 6) is 1.89. The first kappa shape index (κ1) is 17.9. The highest BCUT2D eigenvalue weighted by molar-refractivity contribution is 6.30. The molecule has 0 bridgehead atoms. The van der Waals surface area contributed by atoms with Crippen LogP contribution in [0, 0.1) is 0 Å². The number of halogens is 2. The Morgan fingerprint density at radius 3 is 1.36 bits per heavy atom. The standard InChI is InChI=1S/C24H20Cl2O2/c1-23(17-3-7-19(25)8-4-17)13-15-11-22-16(12-21(15)27-23)14-24(2,28-22)18-5-9-20(26)10-6-18/h3-12H,13-14H2,1-2H3. The van der Waals surface area contributed by atoms with Gasteiger partial charge in [-0.05, 0) is 61.4 Å². The van der Waals surface area contributed by atoms with E-state index in [0.717, 1.165) is 45.5 Å². The van der Waals surface area contributed by atoms with E-state index in [4.69, 9.17) is 32.7 Å². The van der Waals surface area contributed by atoms with Gasteiger partial charge in [0.05, 0.1) is 0 Å². The van der Waals surface area contributed by atoms with Crippen molar-refractivity contribution in [2.75, 3.05) is 0 Å². The summed E-state index contributed by atoms with van der Waals surface area (Å²) in [6.07, 6.45) is 1.61. The summed E-state index contributed by atoms with van der Waals surface area (Å²) in [7, 11) is 0. The predicted octanol–water partition coefficient (Wildman–Crippen LogP) is 6.69. The topological polar surface area (TPSA) is 18.5 Å². The van der Waals surface area contributed by atoms with Crippen LogP contribution in [0.2, 0.25) is 10.0 Å². The van der Waals surface area contributed by atoms with Gasteiger partial charge >= 0.3 is 0 Å². The molecule has 2 aliphatic rings. The lowest BCUT2D eigenvalue weighted by Gasteiger charge is -2.25. The van der Waals surface area contributed by atoms with Crippen molar-refractivity contribution < 1.29 is 9.47 Å². The minimum atomic E-state index is -0.387. The molecule has 0 amide bonds. The number of fused-ring (bicyclic) bond motifs is 2. The van der Waals surface area contributed by atoms with Gasteiger partial charge in [0.2, 0.25) is 0 Å². The van der Waals surface area contributed by atoms with E-state index >= 15 is 0 Å². The molecule has 2 aliphatic heterocycles. The number of ether oxygens (including phenoxy) is 2. The van der Waals surface area contributed by atoms with Crippen molar-refractivity contribution in [3.05, 3.63) is 93.0 Å². The van der Waals surface area contributed by atoms with Gasteiger partial charge < -0.3 is 9.47 Å². The molecule has 0 spiro atoms. The summed E-state index contributed by atoms with van der Waals surface area (Å²) < 4.78 is 12.8. The van der Waals surface area contributed by atoms with Gasteiger partial charge in [-0.2, -0.15) is 0 Å². The lowest BCUT2D eigenvalue weighted by Crippen LogP contribution is -2.27. The maximum absolute atomic E-state index is 6.42. The zero-order valence-electron chi connectivity index (χ0n) is 15.8. The van der Waals surface area contributed by atoms with Gasteiger partial charge in [0.1, 0.15) is 22.7 Å². The molecule has 0 radical (unpaired) electrons. The van der Waals surface area contributed by atoms with Gasteiger partial charge in [0.15, 0.2) is 0 Å². The monoisotopic (exact) mass is 410 g/mol. The summed E-state index contributed by atoms with van der Waals surface area (Å²) in [4.78, 5) is 0. The molecule has 2 heterocycles. The fourth-order valence-electron chi connectivity index (χ4n) is 4.32. The normalized spacial score (nSPS) is 25.0. The molecular formula is C24H20Cl2O2. The van der Waals surface area contributed by atoms with Crippen molar-refractivity contribution in [2.45, 2.75) is 37.9 Å². The van der Waals surface area contributed by atoms with Gasteiger partial charge in [-0.25, -0.2) is 0 Å². The fraction of sp³-hybridized carbons (Fsp3) is 0.250. The van der Waals surface area contributed by atoms with Crippen LogP contribution < -0.4 is 9.47 Å². The first-order valence-corrected chi connectivity index (χ1v) is 10.2. The van der Waals surface area contributed by atoms with Crippen LogP contribution in [0.1, 0.15) is 36.1 Å². The second-order valence-electron chi connectivity index (χ2n) is 8.10. The third-order valence-corrected chi connectivity index (χ3v) is 6.38. The van der Waals surface area contributed by atoms with E-state index in [9.17, 15) is 0 Å². The Kier molecular flexibility index (Phi) is 3.94. The molecule has 3 aromatic rings. The molecule has 2 atom stereocenters. The second kappa shape index (κ2) is 6.17. The number of rotatable bonds is 2. The quantitative estimate of drug-likeness (QED) is 0.468. The lowest BCUT2D eigenvalue weighted by molar-refractivity contribution is 0.114. The minimum Gasteiger partial charge on any atom is -0.482 e. The molecule has 28 heavy (non-hydrogen) atoms. The Morgan fingerprint density at radius 2 is 1.00 bits per heavy atom. The number of hydrogen-bond acceptors (Lipinski definition) is 2. The van der Waals surface area contributed by atoms with Crippen molar-refractivity contribution >= 4 is 23.2 Å². The van der Waals surface area contributed by atoms with Crippen LogP contribution in [-0.2, 0) is 24.0 Å². The van der Waals surface area contributed by atoms with Gasteiger partial charge in [-0.3, -0.25) is 0 Å². The van der Waals surface area contributed by atoms with Crippen LogP contribution in [0.15, 0.2) is 60.7 Å². The smallest absolute Gasteiger partial charge is 0.135 e. The SMILES string of the molecule is CC1(c2ccc(Cl)cc2)Cc2cc3c(cc2O1)CC(C)(c1ccc(Cl)cc1)O3. The Hall–Kier alpha value is -2.16. The Bertz CT molecular complexity index is 937. The van der Waals surface area contributed by atoms with Crippen LogP contribution in [0.5, 0.6) is 11.5 Å². The second-order valence-corrected chi connectivity index (χ2v) is 8.97. The van der Waals surface area contributed by atoms with Crippen LogP contribution in [0.25, 0.3) is 0 Å². The molecule has 0 aromatic heterocycles. The Balaban J connectivity index is 1.44. The van der Waals surface area contributed by atoms with Crippen LogP contribution in [0.3, 0.4) is 0 Å². The molecule has 0 aliphatic carbocycles. The fourth-order valence-corrected chi connectivity index (χ4v) is 4.57. The molecule has 142 valence electrons. The molecule has 5 rings (SSSR count). The number of hydrogen-bond donors (Lipinski definition) is 0. The third-order valence-electron chi connectivity index (χ3n) is 5.88. The van der Waals surface area contributed by atoms with Crippen molar-refractivity contribution in [1.29, 1.82) is 0 Å². The number of benzene rings is 3. The molecular weight excluding hydrogens is 391 g/mol. The summed E-state index contributed by atoms with van der Waals surface area (Å²) in [6.45, 7) is 4.25. The lowest BCUT2D eigenvalue weighted by atomic mass is 9.89. The Labute approximate surface area is 175 Å². The molecule has 2 nitrogen and oxygen atoms in total. The summed E-state index contributed by atoms with van der Waals surface area (Å²) in [5, 5.41) is 1.47. The zero-order valence-corrected chi connectivity index (χ0v) is 17.3. The third kappa shape index (κ3) is 2.87. The van der Waals surface area contributed by atoms with E-state index in [2.05, 4.69) is 26.0 Å². The van der Waals surface area contributed by atoms with Crippen LogP contribution in [0.4, 0.5) is 0 Å². The van der Waals surface area contributed by atoms with E-state index in [-0.39, 0.29) is 11.2 Å². The molecule has 0 saturated carbocycles. The summed E-state index contributed by atoms with van der Waals surface area (Å²) >= 11 is 12.1. The van der Waals surface area contributed by atoms with E-state index < -0.39 is 0 Å². The molecule has 0 N–H and O–H groups in total. The van der Waals surface area contributed by atoms with Crippen molar-refractivity contribution in [2.24, 2.45) is 0 Å². The largest absolute Gasteiger partial charge is 0.482 e. The zero-order chi connectivity index (χ0) is 19.5. The maximum atomic E-state index is 6.42. The van der Waals surface area contributed by atoms with E-state index in [0.29, 0.717) is 0 Å².